The molecule has 0 fully saturated rings. The minimum Gasteiger partial charge on any atom is -0.506 e. The molecule has 6 heteroatoms. The molecule has 0 saturated carbocycles. The molecule has 0 atom stereocenters. The standard InChI is InChI=1S/C6H6F2N2O2/c7-5(8)3-2(11)1-10-6(12)4(3)9/h1,5,11H,9H2,(H,10,12). The molecule has 0 aliphatic carbocycles. The van der Waals surface area contributed by atoms with E-state index in [2.05, 4.69) is 0 Å². The number of aromatic hydroxyl groups is 1. The molecule has 0 unspecified atom stereocenters. The summed E-state index contributed by atoms with van der Waals surface area (Å²) in [5, 5.41) is 8.86. The van der Waals surface area contributed by atoms with Crippen molar-refractivity contribution in [1.29, 1.82) is 0 Å². The van der Waals surface area contributed by atoms with Gasteiger partial charge in [0.25, 0.3) is 12.0 Å². The molecule has 12 heavy (non-hydrogen) atoms. The first-order valence-corrected chi connectivity index (χ1v) is 3.02. The molecule has 4 N–H and O–H groups in total. The van der Waals surface area contributed by atoms with Crippen LogP contribution in [0.15, 0.2) is 11.0 Å². The fraction of sp³-hybridized carbons (Fsp3) is 0.167. The van der Waals surface area contributed by atoms with Crippen molar-refractivity contribution in [1.82, 2.24) is 4.98 Å². The number of rotatable bonds is 1. The van der Waals surface area contributed by atoms with Crippen molar-refractivity contribution in [2.45, 2.75) is 6.43 Å². The molecule has 0 saturated heterocycles. The van der Waals surface area contributed by atoms with E-state index in [0.29, 0.717) is 0 Å². The van der Waals surface area contributed by atoms with Crippen LogP contribution in [0.1, 0.15) is 12.0 Å². The monoisotopic (exact) mass is 176 g/mol. The van der Waals surface area contributed by atoms with Crippen LogP contribution in [-0.4, -0.2) is 10.1 Å². The van der Waals surface area contributed by atoms with Gasteiger partial charge in [0.05, 0.1) is 5.56 Å². The van der Waals surface area contributed by atoms with Crippen molar-refractivity contribution in [3.63, 3.8) is 0 Å². The van der Waals surface area contributed by atoms with Crippen LogP contribution in [0.5, 0.6) is 5.75 Å². The fourth-order valence-corrected chi connectivity index (χ4v) is 0.779. The van der Waals surface area contributed by atoms with Gasteiger partial charge in [-0.05, 0) is 0 Å². The number of halogens is 2. The van der Waals surface area contributed by atoms with Crippen molar-refractivity contribution in [2.24, 2.45) is 0 Å². The Bertz CT molecular complexity index is 348. The highest BCUT2D eigenvalue weighted by molar-refractivity contribution is 5.51. The Labute approximate surface area is 65.6 Å². The molecule has 0 bridgehead atoms. The number of nitrogens with one attached hydrogen (secondary N) is 1. The third-order valence-corrected chi connectivity index (χ3v) is 1.37. The number of nitrogens with two attached hydrogens (primary N) is 1. The third-order valence-electron chi connectivity index (χ3n) is 1.37. The minimum absolute atomic E-state index is 0.648. The number of pyridine rings is 1. The highest BCUT2D eigenvalue weighted by Crippen LogP contribution is 2.29. The maximum Gasteiger partial charge on any atom is 0.271 e. The van der Waals surface area contributed by atoms with E-state index in [1.165, 1.54) is 0 Å². The lowest BCUT2D eigenvalue weighted by molar-refractivity contribution is 0.148. The van der Waals surface area contributed by atoms with Crippen LogP contribution in [0.2, 0.25) is 0 Å². The van der Waals surface area contributed by atoms with E-state index in [9.17, 15) is 13.6 Å². The second kappa shape index (κ2) is 2.80. The fourth-order valence-electron chi connectivity index (χ4n) is 0.779. The Morgan fingerprint density at radius 3 is 2.58 bits per heavy atom. The molecular weight excluding hydrogens is 170 g/mol. The van der Waals surface area contributed by atoms with Gasteiger partial charge >= 0.3 is 0 Å². The number of alkyl halides is 2. The van der Waals surface area contributed by atoms with E-state index in [1.54, 1.807) is 0 Å². The molecule has 0 amide bonds. The van der Waals surface area contributed by atoms with Gasteiger partial charge < -0.3 is 15.8 Å². The zero-order valence-electron chi connectivity index (χ0n) is 5.84. The summed E-state index contributed by atoms with van der Waals surface area (Å²) in [4.78, 5) is 12.7. The molecule has 0 aliphatic heterocycles. The van der Waals surface area contributed by atoms with E-state index in [1.807, 2.05) is 4.98 Å². The van der Waals surface area contributed by atoms with Crippen LogP contribution in [0, 0.1) is 0 Å². The first-order chi connectivity index (χ1) is 5.54. The van der Waals surface area contributed by atoms with E-state index < -0.39 is 29.0 Å². The number of hydrogen-bond donors (Lipinski definition) is 3. The number of aromatic amines is 1. The molecule has 0 aliphatic rings. The smallest absolute Gasteiger partial charge is 0.271 e. The Balaban J connectivity index is 3.43. The first kappa shape index (κ1) is 8.51. The Morgan fingerprint density at radius 2 is 2.17 bits per heavy atom. The number of nitrogen functional groups attached to an aromatic ring is 1. The highest BCUT2D eigenvalue weighted by Gasteiger charge is 2.18. The second-order valence-corrected chi connectivity index (χ2v) is 2.13. The lowest BCUT2D eigenvalue weighted by Crippen LogP contribution is -2.14. The van der Waals surface area contributed by atoms with Gasteiger partial charge in [0, 0.05) is 6.20 Å². The number of anilines is 1. The van der Waals surface area contributed by atoms with Crippen molar-refractivity contribution >= 4 is 5.69 Å². The molecule has 66 valence electrons. The quantitative estimate of drug-likeness (QED) is 0.586. The van der Waals surface area contributed by atoms with Crippen LogP contribution in [-0.2, 0) is 0 Å². The zero-order valence-corrected chi connectivity index (χ0v) is 5.84. The summed E-state index contributed by atoms with van der Waals surface area (Å²) in [5.74, 6) is -0.706. The summed E-state index contributed by atoms with van der Waals surface area (Å²) in [6, 6.07) is 0. The largest absolute Gasteiger partial charge is 0.506 e. The summed E-state index contributed by atoms with van der Waals surface area (Å²) < 4.78 is 24.2. The predicted octanol–water partition coefficient (Wildman–Crippen LogP) is 0.600. The molecule has 0 aromatic carbocycles. The van der Waals surface area contributed by atoms with Gasteiger partial charge in [-0.25, -0.2) is 8.78 Å². The minimum atomic E-state index is -2.95. The van der Waals surface area contributed by atoms with Gasteiger partial charge in [-0.2, -0.15) is 0 Å². The molecule has 1 heterocycles. The van der Waals surface area contributed by atoms with Crippen molar-refractivity contribution in [2.75, 3.05) is 5.73 Å². The average molecular weight is 176 g/mol. The average Bonchev–Trinajstić information content (AvgIpc) is 1.97. The summed E-state index contributed by atoms with van der Waals surface area (Å²) in [6.45, 7) is 0. The molecule has 1 aromatic rings. The summed E-state index contributed by atoms with van der Waals surface area (Å²) in [5.41, 5.74) is 2.70. The third kappa shape index (κ3) is 1.23. The lowest BCUT2D eigenvalue weighted by atomic mass is 10.2. The Morgan fingerprint density at radius 1 is 1.58 bits per heavy atom. The van der Waals surface area contributed by atoms with Crippen LogP contribution in [0.4, 0.5) is 14.5 Å². The van der Waals surface area contributed by atoms with E-state index >= 15 is 0 Å². The predicted molar refractivity (Wildman–Crippen MR) is 38.1 cm³/mol. The number of H-pyrrole nitrogens is 1. The SMILES string of the molecule is Nc1c(C(F)F)c(O)c[nH]c1=O. The highest BCUT2D eigenvalue weighted by atomic mass is 19.3. The van der Waals surface area contributed by atoms with Crippen molar-refractivity contribution in [3.05, 3.63) is 22.1 Å². The van der Waals surface area contributed by atoms with Gasteiger partial charge in [-0.1, -0.05) is 0 Å². The summed E-state index contributed by atoms with van der Waals surface area (Å²) >= 11 is 0. The van der Waals surface area contributed by atoms with E-state index in [-0.39, 0.29) is 0 Å². The molecule has 0 radical (unpaired) electrons. The number of aromatic nitrogens is 1. The molecule has 4 nitrogen and oxygen atoms in total. The molecule has 0 spiro atoms. The van der Waals surface area contributed by atoms with E-state index in [0.717, 1.165) is 6.20 Å². The van der Waals surface area contributed by atoms with Gasteiger partial charge in [-0.3, -0.25) is 4.79 Å². The second-order valence-electron chi connectivity index (χ2n) is 2.13. The Hall–Kier alpha value is -1.59. The number of hydrogen-bond acceptors (Lipinski definition) is 3. The van der Waals surface area contributed by atoms with Gasteiger partial charge in [0.2, 0.25) is 0 Å². The maximum absolute atomic E-state index is 12.1. The van der Waals surface area contributed by atoms with Crippen molar-refractivity contribution in [3.8, 4) is 5.75 Å². The normalized spacial score (nSPS) is 10.6. The molecule has 1 rings (SSSR count). The van der Waals surface area contributed by atoms with Crippen LogP contribution in [0.3, 0.4) is 0 Å². The molecule has 1 aromatic heterocycles. The van der Waals surface area contributed by atoms with Crippen molar-refractivity contribution < 1.29 is 13.9 Å². The van der Waals surface area contributed by atoms with E-state index in [4.69, 9.17) is 10.8 Å². The maximum atomic E-state index is 12.1. The van der Waals surface area contributed by atoms with Crippen LogP contribution >= 0.6 is 0 Å². The lowest BCUT2D eigenvalue weighted by Gasteiger charge is -2.04. The van der Waals surface area contributed by atoms with Crippen LogP contribution in [0.25, 0.3) is 0 Å². The van der Waals surface area contributed by atoms with Gasteiger partial charge in [-0.15, -0.1) is 0 Å². The summed E-state index contributed by atoms with van der Waals surface area (Å²) in [7, 11) is 0. The summed E-state index contributed by atoms with van der Waals surface area (Å²) in [6.07, 6.45) is -2.17. The first-order valence-electron chi connectivity index (χ1n) is 3.02. The Kier molecular flexibility index (Phi) is 1.99. The van der Waals surface area contributed by atoms with Crippen LogP contribution < -0.4 is 11.3 Å². The molecular formula is C6H6F2N2O2. The topological polar surface area (TPSA) is 79.1 Å². The van der Waals surface area contributed by atoms with Gasteiger partial charge in [0.1, 0.15) is 11.4 Å². The zero-order chi connectivity index (χ0) is 9.30. The van der Waals surface area contributed by atoms with Gasteiger partial charge in [0.15, 0.2) is 0 Å².